The van der Waals surface area contributed by atoms with E-state index in [0.717, 1.165) is 16.0 Å². The Morgan fingerprint density at radius 3 is 2.07 bits per heavy atom. The van der Waals surface area contributed by atoms with Gasteiger partial charge < -0.3 is 4.74 Å². The lowest BCUT2D eigenvalue weighted by atomic mass is 9.64. The highest BCUT2D eigenvalue weighted by atomic mass is 35.5. The van der Waals surface area contributed by atoms with Crippen LogP contribution in [0.1, 0.15) is 57.7 Å². The van der Waals surface area contributed by atoms with Crippen LogP contribution in [0.15, 0.2) is 78.4 Å². The Bertz CT molecular complexity index is 1660. The lowest BCUT2D eigenvalue weighted by Gasteiger charge is -2.35. The monoisotopic (exact) mass is 583 g/mol. The van der Waals surface area contributed by atoms with Gasteiger partial charge in [0.25, 0.3) is 0 Å². The summed E-state index contributed by atoms with van der Waals surface area (Å²) in [5, 5.41) is 0.274. The van der Waals surface area contributed by atoms with Gasteiger partial charge in [0.1, 0.15) is 11.3 Å². The normalized spacial score (nSPS) is 20.8. The minimum atomic E-state index is -1.81. The third-order valence-electron chi connectivity index (χ3n) is 8.13. The van der Waals surface area contributed by atoms with Gasteiger partial charge in [0.05, 0.1) is 12.3 Å². The van der Waals surface area contributed by atoms with Gasteiger partial charge in [0, 0.05) is 41.0 Å². The van der Waals surface area contributed by atoms with Gasteiger partial charge in [0.15, 0.2) is 11.6 Å². The number of fused-ring (bicyclic) bond motifs is 2. The van der Waals surface area contributed by atoms with Crippen molar-refractivity contribution < 1.29 is 28.7 Å². The molecule has 0 unspecified atom stereocenters. The van der Waals surface area contributed by atoms with Crippen LogP contribution in [0.4, 0.5) is 5.69 Å². The molecule has 1 aliphatic carbocycles. The molecule has 7 nitrogen and oxygen atoms in total. The average Bonchev–Trinajstić information content (AvgIpc) is 3.42. The van der Waals surface area contributed by atoms with Crippen molar-refractivity contribution in [3.05, 3.63) is 111 Å². The van der Waals surface area contributed by atoms with E-state index in [-0.39, 0.29) is 35.1 Å². The van der Waals surface area contributed by atoms with Crippen LogP contribution in [-0.2, 0) is 24.5 Å². The molecule has 2 amide bonds. The number of allylic oxidation sites excluding steroid dienone is 1. The topological polar surface area (TPSA) is 97.8 Å². The first-order valence-electron chi connectivity index (χ1n) is 13.7. The number of anilines is 1. The Morgan fingerprint density at radius 1 is 0.905 bits per heavy atom. The van der Waals surface area contributed by atoms with Gasteiger partial charge in [-0.15, -0.1) is 0 Å². The van der Waals surface area contributed by atoms with Gasteiger partial charge in [-0.25, -0.2) is 4.90 Å². The highest BCUT2D eigenvalue weighted by Crippen LogP contribution is 2.59. The second-order valence-corrected chi connectivity index (χ2v) is 11.2. The summed E-state index contributed by atoms with van der Waals surface area (Å²) >= 11 is 6.44. The predicted molar refractivity (Wildman–Crippen MR) is 159 cm³/mol. The molecule has 8 heteroatoms. The summed E-state index contributed by atoms with van der Waals surface area (Å²) in [6.07, 6.45) is 1.36. The van der Waals surface area contributed by atoms with Gasteiger partial charge in [-0.1, -0.05) is 77.3 Å². The number of imide groups is 1. The Kier molecular flexibility index (Phi) is 7.73. The smallest absolute Gasteiger partial charge is 0.315 e. The fourth-order valence-corrected chi connectivity index (χ4v) is 6.36. The lowest BCUT2D eigenvalue weighted by molar-refractivity contribution is -0.152. The quantitative estimate of drug-likeness (QED) is 0.251. The molecular weight excluding hydrogens is 554 g/mol. The number of hydrogen-bond donors (Lipinski definition) is 0. The van der Waals surface area contributed by atoms with Gasteiger partial charge in [0.2, 0.25) is 11.8 Å². The van der Waals surface area contributed by atoms with Crippen molar-refractivity contribution in [2.45, 2.75) is 39.5 Å². The van der Waals surface area contributed by atoms with E-state index in [2.05, 4.69) is 0 Å². The molecule has 3 aromatic carbocycles. The number of carbonyl (C=O) groups is 5. The molecule has 1 heterocycles. The van der Waals surface area contributed by atoms with Gasteiger partial charge in [-0.3, -0.25) is 24.0 Å². The van der Waals surface area contributed by atoms with E-state index in [1.54, 1.807) is 67.6 Å². The molecule has 0 saturated carbocycles. The number of nitrogens with zero attached hydrogens (tertiary/aromatic N) is 1. The summed E-state index contributed by atoms with van der Waals surface area (Å²) in [5.74, 6) is -5.18. The van der Waals surface area contributed by atoms with Gasteiger partial charge in [-0.05, 0) is 44.5 Å². The molecule has 3 aromatic rings. The number of ether oxygens (including phenoxy) is 1. The zero-order valence-electron chi connectivity index (χ0n) is 23.8. The number of rotatable bonds is 7. The first-order chi connectivity index (χ1) is 20.0. The average molecular weight is 584 g/mol. The molecule has 5 rings (SSSR count). The van der Waals surface area contributed by atoms with Crippen molar-refractivity contribution in [3.63, 3.8) is 0 Å². The number of esters is 1. The van der Waals surface area contributed by atoms with Crippen LogP contribution in [0.5, 0.6) is 0 Å². The first-order valence-corrected chi connectivity index (χ1v) is 14.1. The summed E-state index contributed by atoms with van der Waals surface area (Å²) in [6, 6.07) is 18.5. The Labute approximate surface area is 249 Å². The summed E-state index contributed by atoms with van der Waals surface area (Å²) in [6.45, 7) is 6.68. The predicted octanol–water partition coefficient (Wildman–Crippen LogP) is 5.98. The van der Waals surface area contributed by atoms with Crippen molar-refractivity contribution in [2.75, 3.05) is 11.5 Å². The largest absolute Gasteiger partial charge is 0.465 e. The molecule has 1 spiro atoms. The number of carbonyl (C=O) groups excluding carboxylic acids is 5. The summed E-state index contributed by atoms with van der Waals surface area (Å²) in [7, 11) is 0. The van der Waals surface area contributed by atoms with E-state index < -0.39 is 40.8 Å². The molecule has 0 N–H and O–H groups in total. The molecule has 2 aliphatic rings. The Morgan fingerprint density at radius 2 is 1.50 bits per heavy atom. The minimum absolute atomic E-state index is 0.00258. The number of aryl methyl sites for hydroxylation is 2. The van der Waals surface area contributed by atoms with Gasteiger partial charge >= 0.3 is 5.97 Å². The number of Topliss-reactive ketones (excluding diaryl/α,β-unsaturated/α-hetero) is 2. The van der Waals surface area contributed by atoms with Crippen LogP contribution >= 0.6 is 11.6 Å². The second kappa shape index (κ2) is 11.1. The molecule has 0 aromatic heterocycles. The van der Waals surface area contributed by atoms with E-state index in [9.17, 15) is 24.0 Å². The van der Waals surface area contributed by atoms with Crippen LogP contribution in [0.25, 0.3) is 0 Å². The molecule has 0 saturated heterocycles. The maximum atomic E-state index is 14.6. The van der Waals surface area contributed by atoms with Crippen molar-refractivity contribution in [1.29, 1.82) is 0 Å². The molecule has 1 aliphatic heterocycles. The highest BCUT2D eigenvalue weighted by Gasteiger charge is 2.67. The molecule has 0 radical (unpaired) electrons. The SMILES string of the molecule is CCOC(=O)[C@@H]1C(C(=O)c2ccc(C)cc2)=C[C@@H](CC(=O)c2ccc(C)cc2)[C@@]12C(=O)N(C(C)=O)c1ccc(Cl)cc12. The van der Waals surface area contributed by atoms with E-state index in [0.29, 0.717) is 16.7 Å². The number of hydrogen-bond acceptors (Lipinski definition) is 6. The highest BCUT2D eigenvalue weighted by molar-refractivity contribution is 6.32. The zero-order chi connectivity index (χ0) is 30.3. The zero-order valence-corrected chi connectivity index (χ0v) is 24.5. The molecule has 214 valence electrons. The molecule has 0 fully saturated rings. The molecule has 0 bridgehead atoms. The second-order valence-electron chi connectivity index (χ2n) is 10.8. The van der Waals surface area contributed by atoms with E-state index in [1.165, 1.54) is 6.92 Å². The number of halogens is 1. The minimum Gasteiger partial charge on any atom is -0.465 e. The van der Waals surface area contributed by atoms with Crippen LogP contribution in [-0.4, -0.2) is 36.0 Å². The Balaban J connectivity index is 1.76. The van der Waals surface area contributed by atoms with Crippen LogP contribution in [0.3, 0.4) is 0 Å². The fourth-order valence-electron chi connectivity index (χ4n) is 6.19. The number of amides is 2. The van der Waals surface area contributed by atoms with Crippen molar-refractivity contribution in [1.82, 2.24) is 0 Å². The van der Waals surface area contributed by atoms with E-state index in [4.69, 9.17) is 16.3 Å². The lowest BCUT2D eigenvalue weighted by Crippen LogP contribution is -2.52. The third kappa shape index (κ3) is 4.68. The van der Waals surface area contributed by atoms with Crippen molar-refractivity contribution in [2.24, 2.45) is 11.8 Å². The van der Waals surface area contributed by atoms with E-state index >= 15 is 0 Å². The number of benzene rings is 3. The van der Waals surface area contributed by atoms with Crippen LogP contribution in [0, 0.1) is 25.7 Å². The van der Waals surface area contributed by atoms with E-state index in [1.807, 2.05) is 26.0 Å². The summed E-state index contributed by atoms with van der Waals surface area (Å²) in [5.41, 5.74) is 1.46. The fraction of sp³-hybridized carbons (Fsp3) is 0.265. The standard InChI is InChI=1S/C34H30ClNO6/c1-5-42-32(40)30-26(31(39)23-12-8-20(3)9-13-23)16-24(17-29(38)22-10-6-19(2)7-11-22)34(30)27-18-25(35)14-15-28(27)36(21(4)37)33(34)41/h6-16,18,24,30H,5,17H2,1-4H3/t24-,30-,34-/m0/s1. The molecule has 3 atom stereocenters. The summed E-state index contributed by atoms with van der Waals surface area (Å²) in [4.78, 5) is 70.1. The summed E-state index contributed by atoms with van der Waals surface area (Å²) < 4.78 is 5.48. The maximum absolute atomic E-state index is 14.6. The Hall–Kier alpha value is -4.36. The van der Waals surface area contributed by atoms with Crippen molar-refractivity contribution in [3.8, 4) is 0 Å². The molecule has 42 heavy (non-hydrogen) atoms. The van der Waals surface area contributed by atoms with Gasteiger partial charge in [-0.2, -0.15) is 0 Å². The van der Waals surface area contributed by atoms with Crippen LogP contribution in [0.2, 0.25) is 5.02 Å². The number of ketones is 2. The van der Waals surface area contributed by atoms with Crippen molar-refractivity contribution >= 4 is 46.6 Å². The molecular formula is C34H30ClNO6. The maximum Gasteiger partial charge on any atom is 0.315 e. The van der Waals surface area contributed by atoms with Crippen LogP contribution < -0.4 is 4.90 Å². The third-order valence-corrected chi connectivity index (χ3v) is 8.36. The first kappa shape index (κ1) is 29.1.